The molecule has 14 heteroatoms. The number of nitrogens with one attached hydrogen (secondary N) is 1. The second kappa shape index (κ2) is 71.8. The van der Waals surface area contributed by atoms with Crippen LogP contribution in [0.5, 0.6) is 0 Å². The van der Waals surface area contributed by atoms with Crippen LogP contribution in [0.1, 0.15) is 322 Å². The van der Waals surface area contributed by atoms with Gasteiger partial charge in [0.05, 0.1) is 32.0 Å². The van der Waals surface area contributed by atoms with Crippen LogP contribution in [-0.4, -0.2) is 140 Å². The largest absolute Gasteiger partial charge is 0.394 e. The number of rotatable bonds is 69. The standard InChI is InChI=1S/C90H153NO13/c1-3-5-7-9-11-13-15-17-19-21-23-25-27-29-31-33-34-35-36-37-38-39-40-41-42-43-44-46-48-50-52-54-56-58-60-62-64-66-68-70-72-74-82(95)91-78(77-101-89-87(100)85(98)88(81(76-93)103-89)104-90-86(99)84(97)83(96)80(75-92)102-90)79(94)73-71-69-67-65-63-61-59-57-55-53-51-49-47-45-32-30-28-26-24-22-20-18-16-14-12-10-8-6-4-2/h5,7,11,13,17,19,23,25,29,31,34-35,37-38,40-41,43-44,48,50,54,56,71,73,78-81,83-90,92-94,96-100H,3-4,6,8-10,12,14-16,18,20-22,24,26-28,30,32-33,36,39,42,45-47,49,51-53,55,57-70,72,74-77H2,1-2H3,(H,91,95)/b7-5-,13-11-,19-17-,25-23-,31-29-,35-34-,38-37-,41-40-,44-43-,50-48-,56-54-,73-71+. The first-order valence-corrected chi connectivity index (χ1v) is 42.1. The first-order valence-electron chi connectivity index (χ1n) is 42.1. The number of aliphatic hydroxyl groups is 8. The zero-order valence-corrected chi connectivity index (χ0v) is 65.5. The fraction of sp³-hybridized carbons (Fsp3) is 0.722. The molecule has 9 N–H and O–H groups in total. The minimum absolute atomic E-state index is 0.252. The molecule has 0 aromatic carbocycles. The Kier molecular flexibility index (Phi) is 66.2. The van der Waals surface area contributed by atoms with E-state index in [0.29, 0.717) is 6.42 Å². The van der Waals surface area contributed by atoms with Crippen LogP contribution >= 0.6 is 0 Å². The molecule has 0 aromatic rings. The van der Waals surface area contributed by atoms with Gasteiger partial charge in [0.2, 0.25) is 5.91 Å². The molecule has 2 aliphatic heterocycles. The summed E-state index contributed by atoms with van der Waals surface area (Å²) >= 11 is 0. The normalized spacial score (nSPS) is 22.2. The average Bonchev–Trinajstić information content (AvgIpc) is 0.789. The number of carbonyl (C=O) groups excluding carboxylic acids is 1. The topological polar surface area (TPSA) is 228 Å². The second-order valence-corrected chi connectivity index (χ2v) is 28.9. The summed E-state index contributed by atoms with van der Waals surface area (Å²) in [5, 5.41) is 87.8. The number of aliphatic hydroxyl groups excluding tert-OH is 8. The molecule has 2 rings (SSSR count). The molecule has 596 valence electrons. The Morgan fingerprint density at radius 3 is 1.02 bits per heavy atom. The van der Waals surface area contributed by atoms with Crippen molar-refractivity contribution in [3.8, 4) is 0 Å². The van der Waals surface area contributed by atoms with E-state index >= 15 is 0 Å². The second-order valence-electron chi connectivity index (χ2n) is 28.9. The van der Waals surface area contributed by atoms with Crippen LogP contribution in [0.2, 0.25) is 0 Å². The van der Waals surface area contributed by atoms with Gasteiger partial charge in [-0.25, -0.2) is 0 Å². The maximum Gasteiger partial charge on any atom is 0.220 e. The van der Waals surface area contributed by atoms with Crippen LogP contribution in [-0.2, 0) is 23.7 Å². The molecular weight excluding hydrogens is 1300 g/mol. The molecule has 0 spiro atoms. The van der Waals surface area contributed by atoms with Crippen molar-refractivity contribution in [3.63, 3.8) is 0 Å². The van der Waals surface area contributed by atoms with Gasteiger partial charge in [0, 0.05) is 6.42 Å². The predicted molar refractivity (Wildman–Crippen MR) is 433 cm³/mol. The van der Waals surface area contributed by atoms with Crippen molar-refractivity contribution in [2.75, 3.05) is 19.8 Å². The lowest BCUT2D eigenvalue weighted by molar-refractivity contribution is -0.359. The molecule has 0 radical (unpaired) electrons. The summed E-state index contributed by atoms with van der Waals surface area (Å²) in [6.45, 7) is 2.71. The molecule has 0 aliphatic carbocycles. The Hall–Kier alpha value is -4.13. The first kappa shape index (κ1) is 95.9. The zero-order chi connectivity index (χ0) is 75.1. The highest BCUT2D eigenvalue weighted by Crippen LogP contribution is 2.30. The van der Waals surface area contributed by atoms with Crippen molar-refractivity contribution in [3.05, 3.63) is 146 Å². The van der Waals surface area contributed by atoms with E-state index in [9.17, 15) is 45.6 Å². The zero-order valence-electron chi connectivity index (χ0n) is 65.5. The maximum absolute atomic E-state index is 13.4. The summed E-state index contributed by atoms with van der Waals surface area (Å²) in [5.74, 6) is -0.252. The lowest BCUT2D eigenvalue weighted by Gasteiger charge is -2.46. The Morgan fingerprint density at radius 1 is 0.356 bits per heavy atom. The molecular formula is C90H153NO13. The molecule has 0 aromatic heterocycles. The van der Waals surface area contributed by atoms with Crippen LogP contribution < -0.4 is 5.32 Å². The van der Waals surface area contributed by atoms with Gasteiger partial charge in [0.25, 0.3) is 0 Å². The van der Waals surface area contributed by atoms with Gasteiger partial charge in [0.15, 0.2) is 12.6 Å². The lowest BCUT2D eigenvalue weighted by Crippen LogP contribution is -2.65. The van der Waals surface area contributed by atoms with Crippen LogP contribution in [0.4, 0.5) is 0 Å². The first-order chi connectivity index (χ1) is 51.1. The molecule has 104 heavy (non-hydrogen) atoms. The molecule has 0 bridgehead atoms. The minimum Gasteiger partial charge on any atom is -0.394 e. The predicted octanol–water partition coefficient (Wildman–Crippen LogP) is 19.9. The van der Waals surface area contributed by atoms with Crippen LogP contribution in [0, 0.1) is 0 Å². The highest BCUT2D eigenvalue weighted by atomic mass is 16.7. The molecule has 0 saturated carbocycles. The Labute approximate surface area is 633 Å². The minimum atomic E-state index is -1.80. The molecule has 12 unspecified atom stereocenters. The van der Waals surface area contributed by atoms with E-state index in [2.05, 4.69) is 153 Å². The number of allylic oxidation sites excluding steroid dienone is 23. The number of hydrogen-bond acceptors (Lipinski definition) is 13. The molecule has 2 fully saturated rings. The Bertz CT molecular complexity index is 2320. The summed E-state index contributed by atoms with van der Waals surface area (Å²) < 4.78 is 22.9. The van der Waals surface area contributed by atoms with Crippen molar-refractivity contribution < 1.29 is 64.6 Å². The van der Waals surface area contributed by atoms with Crippen molar-refractivity contribution in [2.45, 2.75) is 396 Å². The van der Waals surface area contributed by atoms with Gasteiger partial charge < -0.3 is 65.1 Å². The van der Waals surface area contributed by atoms with Crippen LogP contribution in [0.3, 0.4) is 0 Å². The molecule has 2 saturated heterocycles. The van der Waals surface area contributed by atoms with E-state index < -0.39 is 86.8 Å². The third kappa shape index (κ3) is 53.6. The lowest BCUT2D eigenvalue weighted by atomic mass is 9.97. The number of hydrogen-bond donors (Lipinski definition) is 9. The summed E-state index contributed by atoms with van der Waals surface area (Å²) in [6, 6.07) is -0.934. The number of carbonyl (C=O) groups is 1. The molecule has 14 nitrogen and oxygen atoms in total. The van der Waals surface area contributed by atoms with E-state index in [4.69, 9.17) is 18.9 Å². The van der Waals surface area contributed by atoms with Crippen LogP contribution in [0.25, 0.3) is 0 Å². The highest BCUT2D eigenvalue weighted by molar-refractivity contribution is 5.76. The summed E-state index contributed by atoms with van der Waals surface area (Å²) in [5.41, 5.74) is 0. The monoisotopic (exact) mass is 1460 g/mol. The van der Waals surface area contributed by atoms with Gasteiger partial charge in [-0.05, 0) is 103 Å². The van der Waals surface area contributed by atoms with Crippen molar-refractivity contribution >= 4 is 5.91 Å². The summed E-state index contributed by atoms with van der Waals surface area (Å²) in [4.78, 5) is 13.4. The highest BCUT2D eigenvalue weighted by Gasteiger charge is 2.51. The SMILES string of the molecule is CC/C=C\C/C=C\C/C=C\C/C=C\C/C=C\C/C=C\C/C=C\C/C=C\C/C=C\C/C=C\C/C=C\CCCCCCCCCC(=O)NC(COC1OC(CO)C(OC2OC(CO)C(O)C(O)C2O)C(O)C1O)C(O)/C=C/CCCCCCCCCCCCCCCCCCCCCCCCCCCCC. The number of ether oxygens (including phenoxy) is 4. The third-order valence-electron chi connectivity index (χ3n) is 19.5. The van der Waals surface area contributed by atoms with Gasteiger partial charge in [-0.15, -0.1) is 0 Å². The van der Waals surface area contributed by atoms with Gasteiger partial charge in [-0.1, -0.05) is 359 Å². The van der Waals surface area contributed by atoms with E-state index in [1.807, 2.05) is 6.08 Å². The summed E-state index contributed by atoms with van der Waals surface area (Å²) in [7, 11) is 0. The fourth-order valence-electron chi connectivity index (χ4n) is 12.9. The Balaban J connectivity index is 1.63. The van der Waals surface area contributed by atoms with Crippen molar-refractivity contribution in [1.29, 1.82) is 0 Å². The van der Waals surface area contributed by atoms with Crippen molar-refractivity contribution in [2.24, 2.45) is 0 Å². The van der Waals surface area contributed by atoms with E-state index in [1.165, 1.54) is 161 Å². The third-order valence-corrected chi connectivity index (χ3v) is 19.5. The molecule has 2 aliphatic rings. The average molecular weight is 1460 g/mol. The van der Waals surface area contributed by atoms with Gasteiger partial charge in [-0.3, -0.25) is 4.79 Å². The van der Waals surface area contributed by atoms with E-state index in [0.717, 1.165) is 135 Å². The number of unbranched alkanes of at least 4 members (excludes halogenated alkanes) is 34. The quantitative estimate of drug-likeness (QED) is 0.0204. The number of amides is 1. The Morgan fingerprint density at radius 2 is 0.663 bits per heavy atom. The molecule has 12 atom stereocenters. The summed E-state index contributed by atoms with van der Waals surface area (Å²) in [6.07, 6.45) is 92.1. The van der Waals surface area contributed by atoms with Gasteiger partial charge in [0.1, 0.15) is 48.8 Å². The fourth-order valence-corrected chi connectivity index (χ4v) is 12.9. The van der Waals surface area contributed by atoms with E-state index in [1.54, 1.807) is 6.08 Å². The van der Waals surface area contributed by atoms with Crippen LogP contribution in [0.15, 0.2) is 146 Å². The molecule has 2 heterocycles. The maximum atomic E-state index is 13.4. The van der Waals surface area contributed by atoms with Crippen molar-refractivity contribution in [1.82, 2.24) is 5.32 Å². The smallest absolute Gasteiger partial charge is 0.220 e. The van der Waals surface area contributed by atoms with Gasteiger partial charge in [-0.2, -0.15) is 0 Å². The van der Waals surface area contributed by atoms with E-state index in [-0.39, 0.29) is 18.9 Å². The van der Waals surface area contributed by atoms with Gasteiger partial charge >= 0.3 is 0 Å². The molecule has 1 amide bonds.